The molecule has 9 heteroatoms. The Morgan fingerprint density at radius 1 is 1.03 bits per heavy atom. The van der Waals surface area contributed by atoms with Crippen LogP contribution in [0.3, 0.4) is 0 Å². The molecular formula is C21H20BrNO6S. The van der Waals surface area contributed by atoms with Crippen LogP contribution in [0.1, 0.15) is 21.7 Å². The fourth-order valence-electron chi connectivity index (χ4n) is 2.52. The van der Waals surface area contributed by atoms with E-state index in [0.717, 1.165) is 14.3 Å². The van der Waals surface area contributed by atoms with Gasteiger partial charge >= 0.3 is 5.97 Å². The molecule has 0 aliphatic heterocycles. The first kappa shape index (κ1) is 22.1. The second-order valence-electron chi connectivity index (χ2n) is 6.50. The van der Waals surface area contributed by atoms with Crippen molar-refractivity contribution in [3.05, 3.63) is 82.0 Å². The van der Waals surface area contributed by atoms with Crippen LogP contribution in [0.5, 0.6) is 5.75 Å². The third-order valence-electron chi connectivity index (χ3n) is 4.11. The molecule has 0 aliphatic rings. The topological polar surface area (TPSA) is 86.0 Å². The van der Waals surface area contributed by atoms with Crippen molar-refractivity contribution >= 4 is 31.9 Å². The van der Waals surface area contributed by atoms with Crippen LogP contribution in [0.15, 0.2) is 74.6 Å². The summed E-state index contributed by atoms with van der Waals surface area (Å²) in [6, 6.07) is 17.2. The predicted octanol–water partition coefficient (Wildman–Crippen LogP) is 4.23. The molecule has 3 aromatic rings. The molecule has 0 saturated heterocycles. The number of rotatable bonds is 8. The summed E-state index contributed by atoms with van der Waals surface area (Å²) in [5.41, 5.74) is 1.21. The highest BCUT2D eigenvalue weighted by molar-refractivity contribution is 9.10. The lowest BCUT2D eigenvalue weighted by molar-refractivity contribution is 0.0435. The maximum absolute atomic E-state index is 12.5. The van der Waals surface area contributed by atoms with Gasteiger partial charge in [-0.2, -0.15) is 0 Å². The Hall–Kier alpha value is -2.62. The van der Waals surface area contributed by atoms with E-state index in [-0.39, 0.29) is 29.6 Å². The number of ether oxygens (including phenoxy) is 2. The van der Waals surface area contributed by atoms with Crippen molar-refractivity contribution in [3.63, 3.8) is 0 Å². The van der Waals surface area contributed by atoms with Crippen LogP contribution in [0.25, 0.3) is 0 Å². The average molecular weight is 494 g/mol. The Morgan fingerprint density at radius 3 is 2.53 bits per heavy atom. The van der Waals surface area contributed by atoms with Crippen molar-refractivity contribution in [2.45, 2.75) is 18.3 Å². The van der Waals surface area contributed by atoms with Gasteiger partial charge < -0.3 is 13.9 Å². The zero-order chi connectivity index (χ0) is 21.7. The first-order valence-electron chi connectivity index (χ1n) is 8.92. The van der Waals surface area contributed by atoms with Crippen LogP contribution in [-0.2, 0) is 28.0 Å². The predicted molar refractivity (Wildman–Crippen MR) is 114 cm³/mol. The number of para-hydroxylation sites is 1. The third kappa shape index (κ3) is 5.29. The summed E-state index contributed by atoms with van der Waals surface area (Å²) in [4.78, 5) is 12.5. The van der Waals surface area contributed by atoms with E-state index in [1.165, 1.54) is 26.2 Å². The van der Waals surface area contributed by atoms with Gasteiger partial charge in [0.1, 0.15) is 30.3 Å². The first-order valence-corrected chi connectivity index (χ1v) is 11.2. The molecule has 0 amide bonds. The van der Waals surface area contributed by atoms with Crippen molar-refractivity contribution in [1.82, 2.24) is 4.31 Å². The van der Waals surface area contributed by atoms with E-state index < -0.39 is 16.0 Å². The number of hydrogen-bond donors (Lipinski definition) is 0. The summed E-state index contributed by atoms with van der Waals surface area (Å²) in [6.45, 7) is 0.0788. The molecule has 0 aliphatic carbocycles. The molecule has 7 nitrogen and oxygen atoms in total. The van der Waals surface area contributed by atoms with Crippen LogP contribution in [0.4, 0.5) is 0 Å². The molecule has 1 aromatic heterocycles. The number of halogens is 1. The highest BCUT2D eigenvalue weighted by Crippen LogP contribution is 2.23. The van der Waals surface area contributed by atoms with Gasteiger partial charge in [-0.15, -0.1) is 0 Å². The quantitative estimate of drug-likeness (QED) is 0.436. The second-order valence-corrected chi connectivity index (χ2v) is 9.50. The Labute approximate surface area is 183 Å². The SMILES string of the molecule is CN(C)S(=O)(=O)c1ccc(COC(=O)c2ccccc2OCc2cccc(Br)c2)o1. The smallest absolute Gasteiger partial charge is 0.342 e. The Morgan fingerprint density at radius 2 is 1.80 bits per heavy atom. The molecule has 2 aromatic carbocycles. The van der Waals surface area contributed by atoms with Gasteiger partial charge in [-0.3, -0.25) is 0 Å². The molecule has 0 saturated carbocycles. The summed E-state index contributed by atoms with van der Waals surface area (Å²) >= 11 is 3.41. The number of carbonyl (C=O) groups excluding carboxylic acids is 1. The number of nitrogens with zero attached hydrogens (tertiary/aromatic N) is 1. The van der Waals surface area contributed by atoms with Crippen LogP contribution in [0, 0.1) is 0 Å². The molecule has 0 N–H and O–H groups in total. The number of hydrogen-bond acceptors (Lipinski definition) is 6. The van der Waals surface area contributed by atoms with E-state index in [1.54, 1.807) is 24.3 Å². The number of carbonyl (C=O) groups is 1. The molecular weight excluding hydrogens is 474 g/mol. The lowest BCUT2D eigenvalue weighted by Gasteiger charge is -2.11. The highest BCUT2D eigenvalue weighted by atomic mass is 79.9. The lowest BCUT2D eigenvalue weighted by atomic mass is 10.2. The van der Waals surface area contributed by atoms with Crippen molar-refractivity contribution in [2.24, 2.45) is 0 Å². The number of furan rings is 1. The first-order chi connectivity index (χ1) is 14.3. The van der Waals surface area contributed by atoms with E-state index in [0.29, 0.717) is 5.75 Å². The molecule has 0 unspecified atom stereocenters. The normalized spacial score (nSPS) is 11.5. The number of sulfonamides is 1. The minimum atomic E-state index is -3.69. The van der Waals surface area contributed by atoms with Crippen LogP contribution >= 0.6 is 15.9 Å². The summed E-state index contributed by atoms with van der Waals surface area (Å²) < 4.78 is 42.5. The van der Waals surface area contributed by atoms with Gasteiger partial charge in [-0.25, -0.2) is 17.5 Å². The van der Waals surface area contributed by atoms with Gasteiger partial charge in [0.25, 0.3) is 10.0 Å². The largest absolute Gasteiger partial charge is 0.488 e. The maximum atomic E-state index is 12.5. The van der Waals surface area contributed by atoms with Crippen LogP contribution in [-0.4, -0.2) is 32.8 Å². The summed E-state index contributed by atoms with van der Waals surface area (Å²) in [5.74, 6) is 0.00219. The molecule has 0 bridgehead atoms. The van der Waals surface area contributed by atoms with Gasteiger partial charge in [0.05, 0.1) is 0 Å². The van der Waals surface area contributed by atoms with Gasteiger partial charge in [-0.05, 0) is 42.0 Å². The van der Waals surface area contributed by atoms with Crippen molar-refractivity contribution in [2.75, 3.05) is 14.1 Å². The second kappa shape index (κ2) is 9.46. The van der Waals surface area contributed by atoms with Crippen molar-refractivity contribution < 1.29 is 27.1 Å². The molecule has 1 heterocycles. The molecule has 30 heavy (non-hydrogen) atoms. The van der Waals surface area contributed by atoms with Crippen molar-refractivity contribution in [1.29, 1.82) is 0 Å². The maximum Gasteiger partial charge on any atom is 0.342 e. The highest BCUT2D eigenvalue weighted by Gasteiger charge is 2.22. The van der Waals surface area contributed by atoms with E-state index >= 15 is 0 Å². The zero-order valence-electron chi connectivity index (χ0n) is 16.4. The lowest BCUT2D eigenvalue weighted by Crippen LogP contribution is -2.21. The van der Waals surface area contributed by atoms with Gasteiger partial charge in [-0.1, -0.05) is 40.2 Å². The van der Waals surface area contributed by atoms with E-state index in [4.69, 9.17) is 13.9 Å². The zero-order valence-corrected chi connectivity index (χ0v) is 18.8. The number of esters is 1. The minimum Gasteiger partial charge on any atom is -0.488 e. The summed E-state index contributed by atoms with van der Waals surface area (Å²) in [7, 11) is -0.877. The van der Waals surface area contributed by atoms with E-state index in [2.05, 4.69) is 15.9 Å². The Balaban J connectivity index is 1.66. The van der Waals surface area contributed by atoms with E-state index in [9.17, 15) is 13.2 Å². The Bertz CT molecular complexity index is 1140. The Kier molecular flexibility index (Phi) is 6.96. The van der Waals surface area contributed by atoms with Gasteiger partial charge in [0.15, 0.2) is 0 Å². The summed E-state index contributed by atoms with van der Waals surface area (Å²) in [6.07, 6.45) is 0. The van der Waals surface area contributed by atoms with Gasteiger partial charge in [0, 0.05) is 18.6 Å². The molecule has 0 radical (unpaired) electrons. The fourth-order valence-corrected chi connectivity index (χ4v) is 3.78. The minimum absolute atomic E-state index is 0.207. The number of benzene rings is 2. The third-order valence-corrected chi connectivity index (χ3v) is 6.29. The standard InChI is InChI=1S/C21H20BrNO6S/c1-23(2)30(25,26)20-11-10-17(29-20)14-28-21(24)18-8-3-4-9-19(18)27-13-15-6-5-7-16(22)12-15/h3-12H,13-14H2,1-2H3. The molecule has 158 valence electrons. The fraction of sp³-hybridized carbons (Fsp3) is 0.190. The van der Waals surface area contributed by atoms with Crippen molar-refractivity contribution in [3.8, 4) is 5.75 Å². The summed E-state index contributed by atoms with van der Waals surface area (Å²) in [5, 5.41) is -0.212. The molecule has 3 rings (SSSR count). The van der Waals surface area contributed by atoms with Crippen LogP contribution < -0.4 is 4.74 Å². The van der Waals surface area contributed by atoms with Crippen LogP contribution in [0.2, 0.25) is 0 Å². The molecule has 0 spiro atoms. The van der Waals surface area contributed by atoms with Gasteiger partial charge in [0.2, 0.25) is 5.09 Å². The average Bonchev–Trinajstić information content (AvgIpc) is 3.20. The van der Waals surface area contributed by atoms with E-state index in [1.807, 2.05) is 24.3 Å². The monoisotopic (exact) mass is 493 g/mol. The molecule has 0 fully saturated rings. The molecule has 0 atom stereocenters.